The van der Waals surface area contributed by atoms with Crippen molar-refractivity contribution in [3.05, 3.63) is 41.9 Å². The van der Waals surface area contributed by atoms with Gasteiger partial charge < -0.3 is 10.7 Å². The van der Waals surface area contributed by atoms with Gasteiger partial charge in [0, 0.05) is 0 Å². The molecule has 0 atom stereocenters. The molecule has 0 aliphatic heterocycles. The van der Waals surface area contributed by atoms with E-state index in [1.54, 1.807) is 0 Å². The lowest BCUT2D eigenvalue weighted by Crippen LogP contribution is -2.34. The second-order valence-electron chi connectivity index (χ2n) is 7.34. The molecule has 3 nitrogen and oxygen atoms in total. The maximum atomic E-state index is 6.46. The van der Waals surface area contributed by atoms with E-state index in [2.05, 4.69) is 55.0 Å². The number of hydrogen-bond acceptors (Lipinski definition) is 2. The molecule has 21 heavy (non-hydrogen) atoms. The maximum Gasteiger partial charge on any atom is 0.126 e. The monoisotopic (exact) mass is 283 g/mol. The summed E-state index contributed by atoms with van der Waals surface area (Å²) in [5.41, 5.74) is 9.97. The van der Waals surface area contributed by atoms with Crippen LogP contribution in [0.5, 0.6) is 0 Å². The predicted octanol–water partition coefficient (Wildman–Crippen LogP) is 4.10. The standard InChI is InChI=1S/C18H25N3/c1-17(2,3)14-8-6-13(7-9-14)15-12-20-16(21-15)18(19)10-4-5-11-18/h6-9,12H,4-5,10-11,19H2,1-3H3,(H,20,21). The largest absolute Gasteiger partial charge is 0.340 e. The van der Waals surface area contributed by atoms with Crippen molar-refractivity contribution < 1.29 is 0 Å². The van der Waals surface area contributed by atoms with E-state index >= 15 is 0 Å². The lowest BCUT2D eigenvalue weighted by molar-refractivity contribution is 0.436. The van der Waals surface area contributed by atoms with E-state index in [0.29, 0.717) is 0 Å². The zero-order chi connectivity index (χ0) is 15.1. The molecule has 1 fully saturated rings. The number of H-pyrrole nitrogens is 1. The minimum atomic E-state index is -0.246. The summed E-state index contributed by atoms with van der Waals surface area (Å²) >= 11 is 0. The summed E-state index contributed by atoms with van der Waals surface area (Å²) in [5.74, 6) is 0.940. The minimum Gasteiger partial charge on any atom is -0.340 e. The fraction of sp³-hybridized carbons (Fsp3) is 0.500. The predicted molar refractivity (Wildman–Crippen MR) is 87.1 cm³/mol. The molecule has 2 aromatic rings. The molecule has 1 saturated carbocycles. The van der Waals surface area contributed by atoms with Crippen molar-refractivity contribution >= 4 is 0 Å². The highest BCUT2D eigenvalue weighted by Crippen LogP contribution is 2.35. The van der Waals surface area contributed by atoms with Gasteiger partial charge in [-0.15, -0.1) is 0 Å². The Kier molecular flexibility index (Phi) is 3.40. The van der Waals surface area contributed by atoms with E-state index in [-0.39, 0.29) is 11.0 Å². The Hall–Kier alpha value is -1.61. The van der Waals surface area contributed by atoms with Crippen molar-refractivity contribution in [1.82, 2.24) is 9.97 Å². The number of nitrogens with one attached hydrogen (secondary N) is 1. The van der Waals surface area contributed by atoms with Gasteiger partial charge >= 0.3 is 0 Å². The van der Waals surface area contributed by atoms with E-state index in [1.807, 2.05) is 6.20 Å². The fourth-order valence-electron chi connectivity index (χ4n) is 3.11. The van der Waals surface area contributed by atoms with Gasteiger partial charge in [0.1, 0.15) is 5.82 Å². The van der Waals surface area contributed by atoms with Crippen LogP contribution in [0.1, 0.15) is 57.8 Å². The summed E-state index contributed by atoms with van der Waals surface area (Å²) in [6, 6.07) is 8.72. The summed E-state index contributed by atoms with van der Waals surface area (Å²) < 4.78 is 0. The topological polar surface area (TPSA) is 54.7 Å². The fourth-order valence-corrected chi connectivity index (χ4v) is 3.11. The van der Waals surface area contributed by atoms with Crippen LogP contribution in [-0.2, 0) is 11.0 Å². The summed E-state index contributed by atoms with van der Waals surface area (Å²) in [4.78, 5) is 7.97. The van der Waals surface area contributed by atoms with E-state index in [9.17, 15) is 0 Å². The summed E-state index contributed by atoms with van der Waals surface area (Å²) in [5, 5.41) is 0. The molecule has 1 aliphatic rings. The molecule has 0 spiro atoms. The quantitative estimate of drug-likeness (QED) is 0.871. The molecule has 3 N–H and O–H groups in total. The van der Waals surface area contributed by atoms with E-state index in [4.69, 9.17) is 5.73 Å². The Balaban J connectivity index is 1.86. The van der Waals surface area contributed by atoms with Crippen LogP contribution in [0.15, 0.2) is 30.5 Å². The highest BCUT2D eigenvalue weighted by Gasteiger charge is 2.33. The van der Waals surface area contributed by atoms with Crippen LogP contribution in [0, 0.1) is 0 Å². The molecule has 1 aromatic carbocycles. The van der Waals surface area contributed by atoms with E-state index < -0.39 is 0 Å². The summed E-state index contributed by atoms with van der Waals surface area (Å²) in [7, 11) is 0. The number of nitrogens with zero attached hydrogens (tertiary/aromatic N) is 1. The van der Waals surface area contributed by atoms with Crippen LogP contribution >= 0.6 is 0 Å². The lowest BCUT2D eigenvalue weighted by atomic mass is 9.86. The van der Waals surface area contributed by atoms with Crippen molar-refractivity contribution in [2.24, 2.45) is 5.73 Å². The van der Waals surface area contributed by atoms with Gasteiger partial charge in [-0.2, -0.15) is 0 Å². The maximum absolute atomic E-state index is 6.46. The van der Waals surface area contributed by atoms with Gasteiger partial charge in [-0.3, -0.25) is 0 Å². The molecule has 0 unspecified atom stereocenters. The number of imidazole rings is 1. The first-order valence-corrected chi connectivity index (χ1v) is 7.84. The third kappa shape index (κ3) is 2.75. The molecule has 0 amide bonds. The molecule has 112 valence electrons. The third-order valence-corrected chi connectivity index (χ3v) is 4.61. The van der Waals surface area contributed by atoms with Gasteiger partial charge in [0.15, 0.2) is 0 Å². The Morgan fingerprint density at radius 3 is 2.29 bits per heavy atom. The number of aromatic nitrogens is 2. The minimum absolute atomic E-state index is 0.183. The second kappa shape index (κ2) is 4.99. The molecule has 1 heterocycles. The summed E-state index contributed by atoms with van der Waals surface area (Å²) in [6.07, 6.45) is 6.37. The van der Waals surface area contributed by atoms with E-state index in [0.717, 1.165) is 24.4 Å². The van der Waals surface area contributed by atoms with Crippen LogP contribution in [-0.4, -0.2) is 9.97 Å². The molecule has 0 radical (unpaired) electrons. The highest BCUT2D eigenvalue weighted by molar-refractivity contribution is 5.59. The van der Waals surface area contributed by atoms with Crippen molar-refractivity contribution in [3.8, 4) is 11.3 Å². The number of rotatable bonds is 2. The third-order valence-electron chi connectivity index (χ3n) is 4.61. The van der Waals surface area contributed by atoms with Crippen LogP contribution in [0.4, 0.5) is 0 Å². The number of aromatic amines is 1. The molecule has 1 aromatic heterocycles. The number of benzene rings is 1. The Labute approximate surface area is 127 Å². The van der Waals surface area contributed by atoms with Crippen LogP contribution in [0.25, 0.3) is 11.3 Å². The zero-order valence-corrected chi connectivity index (χ0v) is 13.2. The van der Waals surface area contributed by atoms with Gasteiger partial charge in [-0.25, -0.2) is 4.98 Å². The molecule has 0 bridgehead atoms. The van der Waals surface area contributed by atoms with Crippen molar-refractivity contribution in [3.63, 3.8) is 0 Å². The Morgan fingerprint density at radius 1 is 1.10 bits per heavy atom. The molecular weight excluding hydrogens is 258 g/mol. The molecule has 3 rings (SSSR count). The lowest BCUT2D eigenvalue weighted by Gasteiger charge is -2.20. The van der Waals surface area contributed by atoms with Crippen LogP contribution < -0.4 is 5.73 Å². The van der Waals surface area contributed by atoms with Gasteiger partial charge in [0.25, 0.3) is 0 Å². The number of nitrogens with two attached hydrogens (primary N) is 1. The van der Waals surface area contributed by atoms with Crippen molar-refractivity contribution in [2.45, 2.75) is 57.4 Å². The van der Waals surface area contributed by atoms with Crippen LogP contribution in [0.2, 0.25) is 0 Å². The Bertz CT molecular complexity index is 611. The number of hydrogen-bond donors (Lipinski definition) is 2. The van der Waals surface area contributed by atoms with Gasteiger partial charge in [-0.05, 0) is 29.4 Å². The normalized spacial score (nSPS) is 18.1. The smallest absolute Gasteiger partial charge is 0.126 e. The highest BCUT2D eigenvalue weighted by atomic mass is 15.0. The SMILES string of the molecule is CC(C)(C)c1ccc(-c2cnc(C3(N)CCCC3)[nH]2)cc1. The average molecular weight is 283 g/mol. The first kappa shape index (κ1) is 14.3. The summed E-state index contributed by atoms with van der Waals surface area (Å²) in [6.45, 7) is 6.69. The van der Waals surface area contributed by atoms with Crippen molar-refractivity contribution in [1.29, 1.82) is 0 Å². The van der Waals surface area contributed by atoms with E-state index in [1.165, 1.54) is 24.0 Å². The van der Waals surface area contributed by atoms with Crippen LogP contribution in [0.3, 0.4) is 0 Å². The van der Waals surface area contributed by atoms with Crippen molar-refractivity contribution in [2.75, 3.05) is 0 Å². The van der Waals surface area contributed by atoms with Gasteiger partial charge in [0.2, 0.25) is 0 Å². The molecule has 0 saturated heterocycles. The second-order valence-corrected chi connectivity index (χ2v) is 7.34. The molecular formula is C18H25N3. The zero-order valence-electron chi connectivity index (χ0n) is 13.2. The van der Waals surface area contributed by atoms with Gasteiger partial charge in [0.05, 0.1) is 17.4 Å². The Morgan fingerprint density at radius 2 is 1.71 bits per heavy atom. The molecule has 1 aliphatic carbocycles. The average Bonchev–Trinajstić information content (AvgIpc) is 3.07. The molecule has 3 heteroatoms. The van der Waals surface area contributed by atoms with Gasteiger partial charge in [-0.1, -0.05) is 57.9 Å². The first-order valence-electron chi connectivity index (χ1n) is 7.84. The first-order chi connectivity index (χ1) is 9.88.